The number of carbonyl (C=O) groups is 1. The van der Waals surface area contributed by atoms with Crippen LogP contribution in [0.4, 0.5) is 0 Å². The molecule has 2 aliphatic rings. The second-order valence-electron chi connectivity index (χ2n) is 6.28. The first kappa shape index (κ1) is 12.8. The third kappa shape index (κ3) is 3.05. The lowest BCUT2D eigenvalue weighted by Gasteiger charge is -2.38. The van der Waals surface area contributed by atoms with Crippen LogP contribution in [0.2, 0.25) is 0 Å². The van der Waals surface area contributed by atoms with Gasteiger partial charge in [0.25, 0.3) is 0 Å². The Hall–Kier alpha value is -1.18. The van der Waals surface area contributed by atoms with E-state index in [-0.39, 0.29) is 0 Å². The minimum atomic E-state index is 0.307. The lowest BCUT2D eigenvalue weighted by molar-refractivity contribution is -0.124. The highest BCUT2D eigenvalue weighted by Gasteiger charge is 2.34. The number of pyridine rings is 1. The summed E-state index contributed by atoms with van der Waals surface area (Å²) in [5.41, 5.74) is 0.929. The number of hydrogen-bond donors (Lipinski definition) is 0. The van der Waals surface area contributed by atoms with Crippen LogP contribution >= 0.6 is 0 Å². The standard InChI is InChI=1S/C17H23NO/c19-17(12-16-7-3-4-10-18-16)15-9-8-13-5-1-2-6-14(13)11-15/h3-4,7,10,13-15H,1-2,5-6,8-9,11-12H2. The van der Waals surface area contributed by atoms with Gasteiger partial charge in [0.1, 0.15) is 5.78 Å². The summed E-state index contributed by atoms with van der Waals surface area (Å²) in [5.74, 6) is 2.48. The molecule has 0 bridgehead atoms. The summed E-state index contributed by atoms with van der Waals surface area (Å²) in [6.45, 7) is 0. The highest BCUT2D eigenvalue weighted by atomic mass is 16.1. The van der Waals surface area contributed by atoms with Crippen LogP contribution in [0.25, 0.3) is 0 Å². The van der Waals surface area contributed by atoms with E-state index in [1.807, 2.05) is 18.2 Å². The fourth-order valence-corrected chi connectivity index (χ4v) is 3.99. The zero-order chi connectivity index (χ0) is 13.1. The molecule has 3 unspecified atom stereocenters. The molecule has 0 aromatic carbocycles. The second-order valence-corrected chi connectivity index (χ2v) is 6.28. The second kappa shape index (κ2) is 5.85. The molecule has 0 N–H and O–H groups in total. The number of hydrogen-bond acceptors (Lipinski definition) is 2. The van der Waals surface area contributed by atoms with E-state index < -0.39 is 0 Å². The Kier molecular flexibility index (Phi) is 3.95. The van der Waals surface area contributed by atoms with E-state index in [0.717, 1.165) is 30.4 Å². The Labute approximate surface area is 115 Å². The van der Waals surface area contributed by atoms with Crippen molar-refractivity contribution >= 4 is 5.78 Å². The van der Waals surface area contributed by atoms with E-state index >= 15 is 0 Å². The SMILES string of the molecule is O=C(Cc1ccccn1)C1CCC2CCCCC2C1. The molecular weight excluding hydrogens is 234 g/mol. The van der Waals surface area contributed by atoms with Gasteiger partial charge in [-0.2, -0.15) is 0 Å². The number of carbonyl (C=O) groups excluding carboxylic acids is 1. The van der Waals surface area contributed by atoms with Crippen molar-refractivity contribution in [2.75, 3.05) is 0 Å². The lowest BCUT2D eigenvalue weighted by atomic mass is 9.66. The monoisotopic (exact) mass is 257 g/mol. The predicted octanol–water partition coefficient (Wildman–Crippen LogP) is 3.80. The Balaban J connectivity index is 1.59. The Morgan fingerprint density at radius 2 is 1.95 bits per heavy atom. The maximum atomic E-state index is 12.4. The van der Waals surface area contributed by atoms with Gasteiger partial charge in [0, 0.05) is 24.2 Å². The highest BCUT2D eigenvalue weighted by molar-refractivity contribution is 5.83. The topological polar surface area (TPSA) is 30.0 Å². The fourth-order valence-electron chi connectivity index (χ4n) is 3.99. The molecule has 0 radical (unpaired) electrons. The third-order valence-corrected chi connectivity index (χ3v) is 5.08. The normalized spacial score (nSPS) is 30.6. The summed E-state index contributed by atoms with van der Waals surface area (Å²) in [5, 5.41) is 0. The number of nitrogens with zero attached hydrogens (tertiary/aromatic N) is 1. The van der Waals surface area contributed by atoms with Gasteiger partial charge in [0.2, 0.25) is 0 Å². The number of rotatable bonds is 3. The molecule has 2 nitrogen and oxygen atoms in total. The van der Waals surface area contributed by atoms with Crippen LogP contribution in [-0.2, 0) is 11.2 Å². The lowest BCUT2D eigenvalue weighted by Crippen LogP contribution is -2.31. The maximum absolute atomic E-state index is 12.4. The summed E-state index contributed by atoms with van der Waals surface area (Å²) in [6, 6.07) is 5.83. The first-order valence-electron chi connectivity index (χ1n) is 7.75. The molecule has 19 heavy (non-hydrogen) atoms. The molecule has 2 heteroatoms. The number of ketones is 1. The molecule has 102 valence electrons. The minimum Gasteiger partial charge on any atom is -0.299 e. The van der Waals surface area contributed by atoms with Gasteiger partial charge in [0.05, 0.1) is 0 Å². The van der Waals surface area contributed by atoms with Gasteiger partial charge in [-0.05, 0) is 43.2 Å². The third-order valence-electron chi connectivity index (χ3n) is 5.08. The Morgan fingerprint density at radius 1 is 1.11 bits per heavy atom. The summed E-state index contributed by atoms with van der Waals surface area (Å²) < 4.78 is 0. The molecule has 0 aliphatic heterocycles. The van der Waals surface area contributed by atoms with E-state index in [0.29, 0.717) is 18.1 Å². The van der Waals surface area contributed by atoms with Gasteiger partial charge >= 0.3 is 0 Å². The van der Waals surface area contributed by atoms with Gasteiger partial charge in [-0.1, -0.05) is 31.7 Å². The van der Waals surface area contributed by atoms with Gasteiger partial charge in [-0.15, -0.1) is 0 Å². The van der Waals surface area contributed by atoms with Crippen molar-refractivity contribution in [1.29, 1.82) is 0 Å². The minimum absolute atomic E-state index is 0.307. The summed E-state index contributed by atoms with van der Waals surface area (Å²) >= 11 is 0. The molecule has 0 spiro atoms. The summed E-state index contributed by atoms with van der Waals surface area (Å²) in [6.07, 6.45) is 11.4. The van der Waals surface area contributed by atoms with Crippen LogP contribution in [0, 0.1) is 17.8 Å². The van der Waals surface area contributed by atoms with Crippen LogP contribution < -0.4 is 0 Å². The smallest absolute Gasteiger partial charge is 0.141 e. The Morgan fingerprint density at radius 3 is 2.74 bits per heavy atom. The average Bonchev–Trinajstić information content (AvgIpc) is 2.48. The van der Waals surface area contributed by atoms with Crippen LogP contribution in [0.1, 0.15) is 50.6 Å². The largest absolute Gasteiger partial charge is 0.299 e. The maximum Gasteiger partial charge on any atom is 0.141 e. The molecule has 2 saturated carbocycles. The van der Waals surface area contributed by atoms with E-state index in [1.54, 1.807) is 6.20 Å². The first-order valence-corrected chi connectivity index (χ1v) is 7.75. The van der Waals surface area contributed by atoms with E-state index in [2.05, 4.69) is 4.98 Å². The number of fused-ring (bicyclic) bond motifs is 1. The highest BCUT2D eigenvalue weighted by Crippen LogP contribution is 2.43. The van der Waals surface area contributed by atoms with Crippen LogP contribution in [0.5, 0.6) is 0 Å². The molecule has 0 saturated heterocycles. The molecular formula is C17H23NO. The average molecular weight is 257 g/mol. The van der Waals surface area contributed by atoms with Crippen molar-refractivity contribution in [3.05, 3.63) is 30.1 Å². The molecule has 0 amide bonds. The molecule has 1 aromatic heterocycles. The van der Waals surface area contributed by atoms with E-state index in [4.69, 9.17) is 0 Å². The van der Waals surface area contributed by atoms with E-state index in [9.17, 15) is 4.79 Å². The molecule has 3 atom stereocenters. The van der Waals surface area contributed by atoms with Crippen molar-refractivity contribution in [1.82, 2.24) is 4.98 Å². The van der Waals surface area contributed by atoms with Crippen LogP contribution in [-0.4, -0.2) is 10.8 Å². The van der Waals surface area contributed by atoms with Crippen molar-refractivity contribution in [2.45, 2.75) is 51.4 Å². The molecule has 1 aromatic rings. The van der Waals surface area contributed by atoms with Gasteiger partial charge in [-0.3, -0.25) is 9.78 Å². The van der Waals surface area contributed by atoms with Gasteiger partial charge < -0.3 is 0 Å². The summed E-state index contributed by atoms with van der Waals surface area (Å²) in [7, 11) is 0. The molecule has 2 fully saturated rings. The van der Waals surface area contributed by atoms with Crippen molar-refractivity contribution in [3.8, 4) is 0 Å². The molecule has 1 heterocycles. The quantitative estimate of drug-likeness (QED) is 0.824. The van der Waals surface area contributed by atoms with Crippen molar-refractivity contribution in [2.24, 2.45) is 17.8 Å². The number of Topliss-reactive ketones (excluding diaryl/α,β-unsaturated/α-hetero) is 1. The van der Waals surface area contributed by atoms with Crippen molar-refractivity contribution < 1.29 is 4.79 Å². The molecule has 3 rings (SSSR count). The molecule has 2 aliphatic carbocycles. The zero-order valence-electron chi connectivity index (χ0n) is 11.6. The van der Waals surface area contributed by atoms with Gasteiger partial charge in [0.15, 0.2) is 0 Å². The van der Waals surface area contributed by atoms with Crippen LogP contribution in [0.3, 0.4) is 0 Å². The van der Waals surface area contributed by atoms with Crippen molar-refractivity contribution in [3.63, 3.8) is 0 Å². The van der Waals surface area contributed by atoms with Gasteiger partial charge in [-0.25, -0.2) is 0 Å². The first-order chi connectivity index (χ1) is 9.33. The fraction of sp³-hybridized carbons (Fsp3) is 0.647. The number of aromatic nitrogens is 1. The zero-order valence-corrected chi connectivity index (χ0v) is 11.6. The van der Waals surface area contributed by atoms with E-state index in [1.165, 1.54) is 32.1 Å². The predicted molar refractivity (Wildman–Crippen MR) is 75.7 cm³/mol. The Bertz CT molecular complexity index is 428. The summed E-state index contributed by atoms with van der Waals surface area (Å²) in [4.78, 5) is 16.7. The van der Waals surface area contributed by atoms with Crippen LogP contribution in [0.15, 0.2) is 24.4 Å².